The number of nitrogens with one attached hydrogen (secondary N) is 2. The van der Waals surface area contributed by atoms with Crippen LogP contribution in [0, 0.1) is 10.1 Å². The lowest BCUT2D eigenvalue weighted by molar-refractivity contribution is -0.384. The maximum Gasteiger partial charge on any atom is 0.336 e. The van der Waals surface area contributed by atoms with Crippen LogP contribution in [-0.2, 0) is 15.3 Å². The topological polar surface area (TPSA) is 155 Å². The predicted molar refractivity (Wildman–Crippen MR) is 148 cm³/mol. The van der Waals surface area contributed by atoms with Crippen molar-refractivity contribution in [3.05, 3.63) is 84.8 Å². The van der Waals surface area contributed by atoms with Gasteiger partial charge in [0.1, 0.15) is 5.82 Å². The zero-order valence-corrected chi connectivity index (χ0v) is 23.3. The van der Waals surface area contributed by atoms with Gasteiger partial charge in [-0.25, -0.2) is 9.78 Å². The van der Waals surface area contributed by atoms with E-state index in [1.807, 2.05) is 0 Å². The van der Waals surface area contributed by atoms with E-state index in [1.54, 1.807) is 38.1 Å². The van der Waals surface area contributed by atoms with E-state index < -0.39 is 22.4 Å². The molecule has 2 heterocycles. The number of nitro groups is 1. The number of hydrogen-bond acceptors (Lipinski definition) is 11. The highest BCUT2D eigenvalue weighted by Gasteiger charge is 2.37. The number of aromatic amines is 1. The number of non-ortho nitro benzene ring substituents is 1. The molecule has 40 heavy (non-hydrogen) atoms. The van der Waals surface area contributed by atoms with Crippen LogP contribution >= 0.6 is 11.8 Å². The molecule has 13 heteroatoms. The summed E-state index contributed by atoms with van der Waals surface area (Å²) in [5, 5.41) is 14.4. The molecule has 12 nitrogen and oxygen atoms in total. The standard InChI is InChI=1S/C27H28N4O8S/c1-6-39-26(33)20-14(2)28-24-22(21(20)16-11-18(36-3)23(38-5)19(12-16)37-4)25(32)30-27(29-24)40-13-15-7-9-17(10-8-15)31(34)35/h7-12,21H,6,13H2,1-5H3,(H2,28,29,30,32). The fourth-order valence-electron chi connectivity index (χ4n) is 4.45. The maximum atomic E-state index is 13.6. The lowest BCUT2D eigenvalue weighted by Crippen LogP contribution is -2.31. The molecular formula is C27H28N4O8S. The van der Waals surface area contributed by atoms with Crippen LogP contribution in [0.5, 0.6) is 17.2 Å². The van der Waals surface area contributed by atoms with Crippen molar-refractivity contribution in [3.63, 3.8) is 0 Å². The fourth-order valence-corrected chi connectivity index (χ4v) is 5.26. The summed E-state index contributed by atoms with van der Waals surface area (Å²) in [6.07, 6.45) is 0. The van der Waals surface area contributed by atoms with Crippen LogP contribution in [0.15, 0.2) is 57.6 Å². The van der Waals surface area contributed by atoms with Crippen LogP contribution in [0.1, 0.15) is 36.5 Å². The van der Waals surface area contributed by atoms with Gasteiger partial charge in [0.2, 0.25) is 5.75 Å². The normalized spacial score (nSPS) is 14.2. The van der Waals surface area contributed by atoms with Crippen molar-refractivity contribution >= 4 is 29.2 Å². The Morgan fingerprint density at radius 2 is 1.75 bits per heavy atom. The second kappa shape index (κ2) is 12.1. The number of hydrogen-bond donors (Lipinski definition) is 2. The molecule has 1 unspecified atom stereocenters. The Labute approximate surface area is 233 Å². The van der Waals surface area contributed by atoms with E-state index in [0.29, 0.717) is 45.2 Å². The second-order valence-electron chi connectivity index (χ2n) is 8.62. The minimum atomic E-state index is -0.853. The SMILES string of the molecule is CCOC(=O)C1=C(C)Nc2nc(SCc3ccc([N+](=O)[O-])cc3)[nH]c(=O)c2C1c1cc(OC)c(OC)c(OC)c1. The van der Waals surface area contributed by atoms with Gasteiger partial charge in [0, 0.05) is 23.6 Å². The van der Waals surface area contributed by atoms with Gasteiger partial charge in [-0.05, 0) is 37.1 Å². The third-order valence-electron chi connectivity index (χ3n) is 6.26. The average molecular weight is 569 g/mol. The molecular weight excluding hydrogens is 540 g/mol. The summed E-state index contributed by atoms with van der Waals surface area (Å²) in [5.41, 5.74) is 1.87. The Morgan fingerprint density at radius 1 is 1.10 bits per heavy atom. The summed E-state index contributed by atoms with van der Waals surface area (Å²) < 4.78 is 21.8. The molecule has 4 rings (SSSR count). The van der Waals surface area contributed by atoms with E-state index in [2.05, 4.69) is 15.3 Å². The highest BCUT2D eigenvalue weighted by Crippen LogP contribution is 2.46. The van der Waals surface area contributed by atoms with E-state index in [0.717, 1.165) is 5.56 Å². The van der Waals surface area contributed by atoms with Crippen LogP contribution in [0.3, 0.4) is 0 Å². The van der Waals surface area contributed by atoms with Crippen LogP contribution in [0.4, 0.5) is 11.5 Å². The summed E-state index contributed by atoms with van der Waals surface area (Å²) in [6.45, 7) is 3.57. The van der Waals surface area contributed by atoms with Gasteiger partial charge in [0.05, 0.1) is 49.9 Å². The molecule has 3 aromatic rings. The quantitative estimate of drug-likeness (QED) is 0.118. The Balaban J connectivity index is 1.79. The number of benzene rings is 2. The van der Waals surface area contributed by atoms with Gasteiger partial charge in [-0.2, -0.15) is 0 Å². The molecule has 210 valence electrons. The summed E-state index contributed by atoms with van der Waals surface area (Å²) in [7, 11) is 4.44. The molecule has 2 aromatic carbocycles. The van der Waals surface area contributed by atoms with Gasteiger partial charge >= 0.3 is 5.97 Å². The number of thioether (sulfide) groups is 1. The predicted octanol–water partition coefficient (Wildman–Crippen LogP) is 4.39. The van der Waals surface area contributed by atoms with Crippen molar-refractivity contribution in [1.29, 1.82) is 0 Å². The summed E-state index contributed by atoms with van der Waals surface area (Å²) in [4.78, 5) is 44.6. The highest BCUT2D eigenvalue weighted by molar-refractivity contribution is 7.98. The van der Waals surface area contributed by atoms with E-state index in [4.69, 9.17) is 18.9 Å². The first-order valence-corrected chi connectivity index (χ1v) is 13.2. The third-order valence-corrected chi connectivity index (χ3v) is 7.20. The molecule has 0 spiro atoms. The van der Waals surface area contributed by atoms with E-state index in [1.165, 1.54) is 45.2 Å². The van der Waals surface area contributed by atoms with Gasteiger partial charge in [0.25, 0.3) is 11.2 Å². The fraction of sp³-hybridized carbons (Fsp3) is 0.296. The molecule has 0 saturated heterocycles. The summed E-state index contributed by atoms with van der Waals surface area (Å²) in [5.74, 6) is 0.362. The van der Waals surface area contributed by atoms with Crippen molar-refractivity contribution in [1.82, 2.24) is 9.97 Å². The van der Waals surface area contributed by atoms with Crippen molar-refractivity contribution in [2.24, 2.45) is 0 Å². The molecule has 1 aliphatic heterocycles. The lowest BCUT2D eigenvalue weighted by Gasteiger charge is -2.29. The number of ether oxygens (including phenoxy) is 4. The number of nitro benzene ring substituents is 1. The number of H-pyrrole nitrogens is 1. The first-order valence-electron chi connectivity index (χ1n) is 12.2. The number of carbonyl (C=O) groups is 1. The van der Waals surface area contributed by atoms with Crippen molar-refractivity contribution in [3.8, 4) is 17.2 Å². The third kappa shape index (κ3) is 5.59. The maximum absolute atomic E-state index is 13.6. The monoisotopic (exact) mass is 568 g/mol. The molecule has 1 atom stereocenters. The largest absolute Gasteiger partial charge is 0.493 e. The molecule has 0 bridgehead atoms. The van der Waals surface area contributed by atoms with E-state index >= 15 is 0 Å². The summed E-state index contributed by atoms with van der Waals surface area (Å²) >= 11 is 1.26. The van der Waals surface area contributed by atoms with Gasteiger partial charge in [-0.1, -0.05) is 23.9 Å². The molecule has 0 aliphatic carbocycles. The minimum absolute atomic E-state index is 0.00392. The first kappa shape index (κ1) is 28.5. The van der Waals surface area contributed by atoms with E-state index in [9.17, 15) is 19.7 Å². The van der Waals surface area contributed by atoms with Crippen LogP contribution in [-0.4, -0.2) is 48.8 Å². The molecule has 1 aromatic heterocycles. The number of rotatable bonds is 10. The van der Waals surface area contributed by atoms with Gasteiger partial charge in [-0.3, -0.25) is 14.9 Å². The number of fused-ring (bicyclic) bond motifs is 1. The molecule has 1 aliphatic rings. The lowest BCUT2D eigenvalue weighted by atomic mass is 9.82. The minimum Gasteiger partial charge on any atom is -0.493 e. The second-order valence-corrected chi connectivity index (χ2v) is 9.59. The van der Waals surface area contributed by atoms with Crippen molar-refractivity contribution in [2.75, 3.05) is 33.3 Å². The highest BCUT2D eigenvalue weighted by atomic mass is 32.2. The van der Waals surface area contributed by atoms with Crippen molar-refractivity contribution < 1.29 is 28.7 Å². The molecule has 0 saturated carbocycles. The first-order chi connectivity index (χ1) is 19.2. The number of allylic oxidation sites excluding steroid dienone is 1. The number of esters is 1. The van der Waals surface area contributed by atoms with Gasteiger partial charge < -0.3 is 29.2 Å². The van der Waals surface area contributed by atoms with E-state index in [-0.39, 0.29) is 23.4 Å². The Bertz CT molecular complexity index is 1510. The van der Waals surface area contributed by atoms with Gasteiger partial charge in [-0.15, -0.1) is 0 Å². The number of nitrogens with zero attached hydrogens (tertiary/aromatic N) is 2. The molecule has 0 amide bonds. The Hall–Kier alpha value is -4.52. The molecule has 0 fully saturated rings. The number of methoxy groups -OCH3 is 3. The summed E-state index contributed by atoms with van der Waals surface area (Å²) in [6, 6.07) is 9.52. The zero-order chi connectivity index (χ0) is 29.0. The van der Waals surface area contributed by atoms with Gasteiger partial charge in [0.15, 0.2) is 16.7 Å². The average Bonchev–Trinajstić information content (AvgIpc) is 2.94. The Morgan fingerprint density at radius 3 is 2.30 bits per heavy atom. The smallest absolute Gasteiger partial charge is 0.336 e. The zero-order valence-electron chi connectivity index (χ0n) is 22.5. The van der Waals surface area contributed by atoms with Crippen molar-refractivity contribution in [2.45, 2.75) is 30.7 Å². The Kier molecular flexibility index (Phi) is 8.63. The van der Waals surface area contributed by atoms with Crippen LogP contribution < -0.4 is 25.1 Å². The molecule has 0 radical (unpaired) electrons. The molecule has 2 N–H and O–H groups in total. The number of carbonyl (C=O) groups excluding carboxylic acids is 1. The van der Waals surface area contributed by atoms with Crippen LogP contribution in [0.25, 0.3) is 0 Å². The van der Waals surface area contributed by atoms with Crippen LogP contribution in [0.2, 0.25) is 0 Å². The number of anilines is 1. The number of aromatic nitrogens is 2.